The molecule has 1 aromatic rings. The zero-order valence-corrected chi connectivity index (χ0v) is 16.6. The molecule has 0 aliphatic rings. The second-order valence-corrected chi connectivity index (χ2v) is 10.0. The second kappa shape index (κ2) is 7.23. The van der Waals surface area contributed by atoms with Gasteiger partial charge >= 0.3 is 0 Å². The average Bonchev–Trinajstić information content (AvgIpc) is 2.34. The van der Waals surface area contributed by atoms with E-state index in [1.807, 2.05) is 45.0 Å². The largest absolute Gasteiger partial charge is 0.326 e. The Morgan fingerprint density at radius 2 is 1.62 bits per heavy atom. The third-order valence-electron chi connectivity index (χ3n) is 3.70. The predicted molar refractivity (Wildman–Crippen MR) is 99.7 cm³/mol. The first kappa shape index (κ1) is 20.6. The number of nitrogens with zero attached hydrogens (tertiary/aromatic N) is 1. The molecule has 0 radical (unpaired) electrons. The van der Waals surface area contributed by atoms with E-state index in [9.17, 15) is 13.2 Å². The van der Waals surface area contributed by atoms with Crippen LogP contribution in [0.2, 0.25) is 0 Å². The molecule has 0 bridgehead atoms. The molecule has 0 saturated heterocycles. The van der Waals surface area contributed by atoms with Crippen molar-refractivity contribution in [3.8, 4) is 0 Å². The first-order valence-corrected chi connectivity index (χ1v) is 9.95. The summed E-state index contributed by atoms with van der Waals surface area (Å²) in [6.45, 7) is 11.9. The van der Waals surface area contributed by atoms with Gasteiger partial charge in [-0.15, -0.1) is 0 Å². The van der Waals surface area contributed by atoms with E-state index in [2.05, 4.69) is 26.1 Å². The number of hydrogen-bond acceptors (Lipinski definition) is 3. The summed E-state index contributed by atoms with van der Waals surface area (Å²) in [5, 5.41) is 2.91. The van der Waals surface area contributed by atoms with Crippen LogP contribution in [-0.2, 0) is 20.2 Å². The molecule has 1 amide bonds. The Balaban J connectivity index is 2.85. The fraction of sp³-hybridized carbons (Fsp3) is 0.611. The number of hydrogen-bond donors (Lipinski definition) is 1. The van der Waals surface area contributed by atoms with Crippen molar-refractivity contribution in [3.05, 3.63) is 29.8 Å². The number of para-hydroxylation sites is 1. The van der Waals surface area contributed by atoms with Gasteiger partial charge in [-0.3, -0.25) is 4.79 Å². The summed E-state index contributed by atoms with van der Waals surface area (Å²) in [5.41, 5.74) is 1.18. The van der Waals surface area contributed by atoms with Crippen LogP contribution < -0.4 is 5.32 Å². The fourth-order valence-electron chi connectivity index (χ4n) is 2.66. The molecule has 0 aromatic heterocycles. The third-order valence-corrected chi connectivity index (χ3v) is 5.23. The quantitative estimate of drug-likeness (QED) is 0.881. The molecule has 0 aliphatic carbocycles. The van der Waals surface area contributed by atoms with E-state index >= 15 is 0 Å². The van der Waals surface area contributed by atoms with Crippen molar-refractivity contribution in [1.29, 1.82) is 0 Å². The van der Waals surface area contributed by atoms with Crippen LogP contribution in [-0.4, -0.2) is 37.0 Å². The Bertz CT molecular complexity index is 683. The van der Waals surface area contributed by atoms with Gasteiger partial charge in [0.2, 0.25) is 15.9 Å². The number of benzene rings is 1. The van der Waals surface area contributed by atoms with Gasteiger partial charge in [-0.1, -0.05) is 39.0 Å². The maximum atomic E-state index is 12.3. The molecule has 0 spiro atoms. The zero-order valence-electron chi connectivity index (χ0n) is 15.8. The van der Waals surface area contributed by atoms with Gasteiger partial charge in [-0.2, -0.15) is 4.31 Å². The van der Waals surface area contributed by atoms with Gasteiger partial charge in [-0.25, -0.2) is 8.42 Å². The molecule has 0 fully saturated rings. The molecule has 1 aromatic carbocycles. The van der Waals surface area contributed by atoms with Gasteiger partial charge in [0.25, 0.3) is 0 Å². The number of sulfonamides is 1. The Labute approximate surface area is 146 Å². The number of carbonyl (C=O) groups excluding carboxylic acids is 1. The van der Waals surface area contributed by atoms with E-state index in [-0.39, 0.29) is 24.3 Å². The van der Waals surface area contributed by atoms with Crippen LogP contribution in [0.5, 0.6) is 0 Å². The molecule has 6 heteroatoms. The molecule has 136 valence electrons. The van der Waals surface area contributed by atoms with Crippen LogP contribution >= 0.6 is 0 Å². The molecule has 0 atom stereocenters. The van der Waals surface area contributed by atoms with E-state index in [4.69, 9.17) is 0 Å². The average molecular weight is 355 g/mol. The number of amides is 1. The maximum absolute atomic E-state index is 12.3. The summed E-state index contributed by atoms with van der Waals surface area (Å²) in [7, 11) is -3.37. The highest BCUT2D eigenvalue weighted by Gasteiger charge is 2.29. The van der Waals surface area contributed by atoms with Crippen molar-refractivity contribution < 1.29 is 13.2 Å². The molecule has 24 heavy (non-hydrogen) atoms. The normalized spacial score (nSPS) is 13.2. The Morgan fingerprint density at radius 3 is 2.08 bits per heavy atom. The molecule has 0 unspecified atom stereocenters. The van der Waals surface area contributed by atoms with Gasteiger partial charge in [-0.05, 0) is 37.8 Å². The molecule has 0 saturated carbocycles. The fourth-order valence-corrected chi connectivity index (χ4v) is 4.08. The Kier molecular flexibility index (Phi) is 6.22. The standard InChI is InChI=1S/C18H30N2O3S/c1-17(2,3)14-10-8-9-11-15(14)19-16(21)12-13-20(18(4,5)6)24(7,22)23/h8-11H,12-13H2,1-7H3,(H,19,21). The van der Waals surface area contributed by atoms with Gasteiger partial charge in [0.1, 0.15) is 0 Å². The Morgan fingerprint density at radius 1 is 1.08 bits per heavy atom. The molecule has 1 rings (SSSR count). The molecular weight excluding hydrogens is 324 g/mol. The minimum absolute atomic E-state index is 0.0892. The van der Waals surface area contributed by atoms with E-state index in [0.717, 1.165) is 11.3 Å². The number of carbonyl (C=O) groups is 1. The highest BCUT2D eigenvalue weighted by Crippen LogP contribution is 2.29. The molecule has 0 aliphatic heterocycles. The van der Waals surface area contributed by atoms with Crippen LogP contribution in [0.1, 0.15) is 53.5 Å². The summed E-state index contributed by atoms with van der Waals surface area (Å²) in [4.78, 5) is 12.3. The van der Waals surface area contributed by atoms with Crippen molar-refractivity contribution in [2.75, 3.05) is 18.1 Å². The molecule has 5 nitrogen and oxygen atoms in total. The second-order valence-electron chi connectivity index (χ2n) is 8.10. The first-order chi connectivity index (χ1) is 10.7. The smallest absolute Gasteiger partial charge is 0.225 e. The van der Waals surface area contributed by atoms with Gasteiger partial charge < -0.3 is 5.32 Å². The lowest BCUT2D eigenvalue weighted by Crippen LogP contribution is -2.46. The summed E-state index contributed by atoms with van der Waals surface area (Å²) >= 11 is 0. The number of rotatable bonds is 5. The SMILES string of the molecule is CC(C)(C)c1ccccc1NC(=O)CCN(C(C)(C)C)S(C)(=O)=O. The minimum Gasteiger partial charge on any atom is -0.326 e. The van der Waals surface area contributed by atoms with E-state index < -0.39 is 15.6 Å². The lowest BCUT2D eigenvalue weighted by molar-refractivity contribution is -0.116. The predicted octanol–water partition coefficient (Wildman–Crippen LogP) is 3.37. The summed E-state index contributed by atoms with van der Waals surface area (Å²) in [6, 6.07) is 7.69. The Hall–Kier alpha value is -1.40. The third kappa shape index (κ3) is 5.91. The van der Waals surface area contributed by atoms with Gasteiger partial charge in [0.05, 0.1) is 6.26 Å². The van der Waals surface area contributed by atoms with Crippen LogP contribution in [0.4, 0.5) is 5.69 Å². The number of nitrogens with one attached hydrogen (secondary N) is 1. The lowest BCUT2D eigenvalue weighted by Gasteiger charge is -2.33. The van der Waals surface area contributed by atoms with Crippen LogP contribution in [0.3, 0.4) is 0 Å². The van der Waals surface area contributed by atoms with Crippen LogP contribution in [0, 0.1) is 0 Å². The van der Waals surface area contributed by atoms with E-state index in [1.54, 1.807) is 0 Å². The maximum Gasteiger partial charge on any atom is 0.225 e. The molecule has 0 heterocycles. The van der Waals surface area contributed by atoms with Crippen molar-refractivity contribution in [3.63, 3.8) is 0 Å². The summed E-state index contributed by atoms with van der Waals surface area (Å²) < 4.78 is 25.2. The molecule has 1 N–H and O–H groups in total. The summed E-state index contributed by atoms with van der Waals surface area (Å²) in [5.74, 6) is -0.190. The van der Waals surface area contributed by atoms with Crippen molar-refractivity contribution in [2.24, 2.45) is 0 Å². The van der Waals surface area contributed by atoms with E-state index in [1.165, 1.54) is 10.6 Å². The highest BCUT2D eigenvalue weighted by atomic mass is 32.2. The monoisotopic (exact) mass is 354 g/mol. The van der Waals surface area contributed by atoms with Gasteiger partial charge in [0, 0.05) is 24.2 Å². The van der Waals surface area contributed by atoms with Crippen LogP contribution in [0.15, 0.2) is 24.3 Å². The minimum atomic E-state index is -3.37. The van der Waals surface area contributed by atoms with E-state index in [0.29, 0.717) is 0 Å². The topological polar surface area (TPSA) is 66.5 Å². The lowest BCUT2D eigenvalue weighted by atomic mass is 9.86. The molecular formula is C18H30N2O3S. The first-order valence-electron chi connectivity index (χ1n) is 8.10. The van der Waals surface area contributed by atoms with Crippen molar-refractivity contribution in [1.82, 2.24) is 4.31 Å². The van der Waals surface area contributed by atoms with Gasteiger partial charge in [0.15, 0.2) is 0 Å². The van der Waals surface area contributed by atoms with Crippen molar-refractivity contribution >= 4 is 21.6 Å². The zero-order chi connectivity index (χ0) is 18.8. The van der Waals surface area contributed by atoms with Crippen LogP contribution in [0.25, 0.3) is 0 Å². The summed E-state index contributed by atoms with van der Waals surface area (Å²) in [6.07, 6.45) is 1.29. The number of anilines is 1. The highest BCUT2D eigenvalue weighted by molar-refractivity contribution is 7.88. The van der Waals surface area contributed by atoms with Crippen molar-refractivity contribution in [2.45, 2.75) is 58.9 Å².